The van der Waals surface area contributed by atoms with Crippen LogP contribution in [-0.4, -0.2) is 16.3 Å². The molecule has 5 heteroatoms. The molecule has 0 aliphatic rings. The van der Waals surface area contributed by atoms with E-state index in [2.05, 4.69) is 24.3 Å². The van der Waals surface area contributed by atoms with Crippen LogP contribution in [-0.2, 0) is 19.9 Å². The molecule has 4 nitrogen and oxygen atoms in total. The lowest BCUT2D eigenvalue weighted by molar-refractivity contribution is 0.393. The Kier molecular flexibility index (Phi) is 5.48. The highest BCUT2D eigenvalue weighted by Crippen LogP contribution is 2.27. The largest absolute Gasteiger partial charge is 0.465 e. The summed E-state index contributed by atoms with van der Waals surface area (Å²) in [5, 5.41) is 8.81. The van der Waals surface area contributed by atoms with E-state index in [9.17, 15) is 0 Å². The predicted molar refractivity (Wildman–Crippen MR) is 85.8 cm³/mol. The minimum atomic E-state index is 0.122. The van der Waals surface area contributed by atoms with Crippen molar-refractivity contribution in [2.24, 2.45) is 7.05 Å². The molecule has 0 saturated carbocycles. The van der Waals surface area contributed by atoms with Gasteiger partial charge in [0.2, 0.25) is 0 Å². The van der Waals surface area contributed by atoms with Crippen molar-refractivity contribution in [2.75, 3.05) is 6.54 Å². The van der Waals surface area contributed by atoms with Crippen molar-refractivity contribution in [1.82, 2.24) is 15.1 Å². The Morgan fingerprint density at radius 2 is 2.14 bits per heavy atom. The van der Waals surface area contributed by atoms with Gasteiger partial charge in [-0.05, 0) is 38.4 Å². The molecule has 1 unspecified atom stereocenters. The van der Waals surface area contributed by atoms with Crippen molar-refractivity contribution in [3.63, 3.8) is 0 Å². The van der Waals surface area contributed by atoms with Crippen LogP contribution in [0.25, 0.3) is 0 Å². The molecule has 0 amide bonds. The average molecular weight is 310 g/mol. The van der Waals surface area contributed by atoms with E-state index in [-0.39, 0.29) is 6.04 Å². The Balaban J connectivity index is 2.24. The van der Waals surface area contributed by atoms with Crippen LogP contribution >= 0.6 is 11.6 Å². The van der Waals surface area contributed by atoms with E-state index in [0.29, 0.717) is 0 Å². The zero-order valence-electron chi connectivity index (χ0n) is 13.2. The normalized spacial score (nSPS) is 12.8. The van der Waals surface area contributed by atoms with E-state index in [1.165, 1.54) is 0 Å². The minimum Gasteiger partial charge on any atom is -0.465 e. The Morgan fingerprint density at radius 1 is 1.38 bits per heavy atom. The fourth-order valence-electron chi connectivity index (χ4n) is 2.47. The first-order valence-corrected chi connectivity index (χ1v) is 7.94. The van der Waals surface area contributed by atoms with E-state index < -0.39 is 0 Å². The number of hydrogen-bond acceptors (Lipinski definition) is 3. The molecule has 0 fully saturated rings. The molecule has 2 aromatic rings. The molecule has 0 spiro atoms. The molecule has 0 aromatic carbocycles. The van der Waals surface area contributed by atoms with E-state index in [4.69, 9.17) is 16.0 Å². The van der Waals surface area contributed by atoms with Gasteiger partial charge in [0.25, 0.3) is 0 Å². The summed E-state index contributed by atoms with van der Waals surface area (Å²) < 4.78 is 7.68. The summed E-state index contributed by atoms with van der Waals surface area (Å²) in [6.07, 6.45) is 2.70. The standard InChI is InChI=1S/C16H24ClN3O/c1-5-9-18-13(15-8-7-11(3)21-15)10-14-16(17)12(6-2)19-20(14)4/h7-8,13,18H,5-6,9-10H2,1-4H3. The molecule has 2 rings (SSSR count). The van der Waals surface area contributed by atoms with Gasteiger partial charge in [0.15, 0.2) is 0 Å². The van der Waals surface area contributed by atoms with Crippen LogP contribution in [0.5, 0.6) is 0 Å². The molecule has 0 saturated heterocycles. The zero-order valence-corrected chi connectivity index (χ0v) is 14.0. The van der Waals surface area contributed by atoms with Crippen LogP contribution in [0.15, 0.2) is 16.5 Å². The van der Waals surface area contributed by atoms with Gasteiger partial charge in [0.1, 0.15) is 11.5 Å². The molecule has 1 atom stereocenters. The number of aryl methyl sites for hydroxylation is 3. The summed E-state index contributed by atoms with van der Waals surface area (Å²) >= 11 is 6.46. The Morgan fingerprint density at radius 3 is 2.67 bits per heavy atom. The van der Waals surface area contributed by atoms with Crippen LogP contribution < -0.4 is 5.32 Å². The first kappa shape index (κ1) is 16.1. The number of nitrogens with one attached hydrogen (secondary N) is 1. The number of halogens is 1. The van der Waals surface area contributed by atoms with Crippen molar-refractivity contribution in [3.8, 4) is 0 Å². The van der Waals surface area contributed by atoms with Crippen LogP contribution in [0.1, 0.15) is 49.2 Å². The van der Waals surface area contributed by atoms with Crippen molar-refractivity contribution < 1.29 is 4.42 Å². The van der Waals surface area contributed by atoms with E-state index >= 15 is 0 Å². The highest BCUT2D eigenvalue weighted by atomic mass is 35.5. The number of aromatic nitrogens is 2. The second kappa shape index (κ2) is 7.14. The van der Waals surface area contributed by atoms with Crippen molar-refractivity contribution >= 4 is 11.6 Å². The van der Waals surface area contributed by atoms with Gasteiger partial charge in [0.05, 0.1) is 22.5 Å². The summed E-state index contributed by atoms with van der Waals surface area (Å²) in [4.78, 5) is 0. The first-order chi connectivity index (χ1) is 10.1. The second-order valence-corrected chi connectivity index (χ2v) is 5.72. The third kappa shape index (κ3) is 3.69. The minimum absolute atomic E-state index is 0.122. The molecule has 2 heterocycles. The molecule has 0 aliphatic heterocycles. The molecular weight excluding hydrogens is 286 g/mol. The topological polar surface area (TPSA) is 43.0 Å². The lowest BCUT2D eigenvalue weighted by Crippen LogP contribution is -2.24. The maximum atomic E-state index is 6.46. The van der Waals surface area contributed by atoms with Crippen LogP contribution in [0.4, 0.5) is 0 Å². The van der Waals surface area contributed by atoms with Gasteiger partial charge in [-0.3, -0.25) is 4.68 Å². The number of rotatable bonds is 7. The van der Waals surface area contributed by atoms with E-state index in [0.717, 1.165) is 53.7 Å². The van der Waals surface area contributed by atoms with E-state index in [1.807, 2.05) is 30.8 Å². The van der Waals surface area contributed by atoms with Crippen molar-refractivity contribution in [1.29, 1.82) is 0 Å². The predicted octanol–water partition coefficient (Wildman–Crippen LogP) is 3.82. The highest BCUT2D eigenvalue weighted by molar-refractivity contribution is 6.31. The molecule has 2 aromatic heterocycles. The molecular formula is C16H24ClN3O. The quantitative estimate of drug-likeness (QED) is 0.845. The number of hydrogen-bond donors (Lipinski definition) is 1. The highest BCUT2D eigenvalue weighted by Gasteiger charge is 2.21. The smallest absolute Gasteiger partial charge is 0.121 e. The van der Waals surface area contributed by atoms with Gasteiger partial charge in [-0.15, -0.1) is 0 Å². The summed E-state index contributed by atoms with van der Waals surface area (Å²) in [5.41, 5.74) is 2.01. The Bertz CT molecular complexity index is 588. The van der Waals surface area contributed by atoms with Crippen molar-refractivity contribution in [3.05, 3.63) is 40.1 Å². The fourth-order valence-corrected chi connectivity index (χ4v) is 2.84. The average Bonchev–Trinajstić information content (AvgIpc) is 3.00. The zero-order chi connectivity index (χ0) is 15.4. The third-order valence-corrected chi connectivity index (χ3v) is 4.08. The fraction of sp³-hybridized carbons (Fsp3) is 0.562. The van der Waals surface area contributed by atoms with Crippen LogP contribution in [0.3, 0.4) is 0 Å². The third-order valence-electron chi connectivity index (χ3n) is 3.65. The summed E-state index contributed by atoms with van der Waals surface area (Å²) in [6.45, 7) is 7.14. The second-order valence-electron chi connectivity index (χ2n) is 5.34. The molecule has 21 heavy (non-hydrogen) atoms. The molecule has 0 aliphatic carbocycles. The summed E-state index contributed by atoms with van der Waals surface area (Å²) in [5.74, 6) is 1.88. The molecule has 0 radical (unpaired) electrons. The van der Waals surface area contributed by atoms with Gasteiger partial charge >= 0.3 is 0 Å². The van der Waals surface area contributed by atoms with Crippen LogP contribution in [0.2, 0.25) is 5.02 Å². The molecule has 116 valence electrons. The van der Waals surface area contributed by atoms with Gasteiger partial charge in [0, 0.05) is 13.5 Å². The summed E-state index contributed by atoms with van der Waals surface area (Å²) in [6, 6.07) is 4.16. The lowest BCUT2D eigenvalue weighted by Gasteiger charge is -2.16. The Labute approximate surface area is 131 Å². The monoisotopic (exact) mass is 309 g/mol. The molecule has 0 bridgehead atoms. The maximum absolute atomic E-state index is 6.46. The summed E-state index contributed by atoms with van der Waals surface area (Å²) in [7, 11) is 1.95. The van der Waals surface area contributed by atoms with Gasteiger partial charge < -0.3 is 9.73 Å². The Hall–Kier alpha value is -1.26. The van der Waals surface area contributed by atoms with Gasteiger partial charge in [-0.2, -0.15) is 5.10 Å². The molecule has 1 N–H and O–H groups in total. The van der Waals surface area contributed by atoms with Gasteiger partial charge in [-0.1, -0.05) is 25.4 Å². The van der Waals surface area contributed by atoms with Crippen LogP contribution in [0, 0.1) is 6.92 Å². The van der Waals surface area contributed by atoms with Crippen molar-refractivity contribution in [2.45, 2.75) is 46.1 Å². The maximum Gasteiger partial charge on any atom is 0.121 e. The van der Waals surface area contributed by atoms with E-state index in [1.54, 1.807) is 0 Å². The number of nitrogens with zero attached hydrogens (tertiary/aromatic N) is 2. The lowest BCUT2D eigenvalue weighted by atomic mass is 10.1. The number of furan rings is 1. The van der Waals surface area contributed by atoms with Gasteiger partial charge in [-0.25, -0.2) is 0 Å². The SMILES string of the molecule is CCCNC(Cc1c(Cl)c(CC)nn1C)c1ccc(C)o1. The first-order valence-electron chi connectivity index (χ1n) is 7.56.